The molecule has 1 saturated heterocycles. The molecule has 26 heavy (non-hydrogen) atoms. The van der Waals surface area contributed by atoms with E-state index in [2.05, 4.69) is 0 Å². The van der Waals surface area contributed by atoms with Crippen LogP contribution < -0.4 is 4.90 Å². The topological polar surface area (TPSA) is 23.6 Å². The molecule has 3 nitrogen and oxygen atoms in total. The van der Waals surface area contributed by atoms with Crippen molar-refractivity contribution in [2.45, 2.75) is 19.0 Å². The van der Waals surface area contributed by atoms with E-state index in [-0.39, 0.29) is 11.6 Å². The van der Waals surface area contributed by atoms with E-state index in [1.165, 1.54) is 12.1 Å². The molecule has 0 spiro atoms. The third-order valence-corrected chi connectivity index (χ3v) is 4.65. The molecule has 138 valence electrons. The largest absolute Gasteiger partial charge is 0.418 e. The standard InChI is InChI=1S/C20H21F3N2O/c21-20(22,23)17-8-4-5-9-18(17)24-12-14-25(15-13-24)19(26)11-10-16-6-2-1-3-7-16/h1-9H,10-15H2. The molecule has 0 N–H and O–H groups in total. The normalized spacial score (nSPS) is 15.2. The molecule has 2 aromatic rings. The average Bonchev–Trinajstić information content (AvgIpc) is 2.66. The van der Waals surface area contributed by atoms with Crippen molar-refractivity contribution in [1.29, 1.82) is 0 Å². The Morgan fingerprint density at radius 1 is 0.885 bits per heavy atom. The molecule has 0 atom stereocenters. The molecule has 1 aliphatic rings. The number of amides is 1. The third kappa shape index (κ3) is 4.36. The molecule has 0 unspecified atom stereocenters. The van der Waals surface area contributed by atoms with Gasteiger partial charge in [-0.25, -0.2) is 0 Å². The minimum Gasteiger partial charge on any atom is -0.367 e. The fourth-order valence-corrected chi connectivity index (χ4v) is 3.24. The van der Waals surface area contributed by atoms with Gasteiger partial charge in [0.25, 0.3) is 0 Å². The quantitative estimate of drug-likeness (QED) is 0.821. The zero-order valence-electron chi connectivity index (χ0n) is 14.4. The number of hydrogen-bond donors (Lipinski definition) is 0. The maximum absolute atomic E-state index is 13.2. The van der Waals surface area contributed by atoms with E-state index in [9.17, 15) is 18.0 Å². The van der Waals surface area contributed by atoms with Crippen molar-refractivity contribution in [1.82, 2.24) is 4.90 Å². The molecule has 1 aliphatic heterocycles. The van der Waals surface area contributed by atoms with E-state index in [1.54, 1.807) is 15.9 Å². The molecule has 6 heteroatoms. The number of hydrogen-bond acceptors (Lipinski definition) is 2. The van der Waals surface area contributed by atoms with Crippen LogP contribution in [-0.2, 0) is 17.4 Å². The number of piperazine rings is 1. The molecule has 0 aliphatic carbocycles. The Hall–Kier alpha value is -2.50. The van der Waals surface area contributed by atoms with Crippen molar-refractivity contribution in [3.05, 3.63) is 65.7 Å². The smallest absolute Gasteiger partial charge is 0.367 e. The molecular formula is C20H21F3N2O. The Kier molecular flexibility index (Phi) is 5.49. The van der Waals surface area contributed by atoms with Crippen molar-refractivity contribution < 1.29 is 18.0 Å². The van der Waals surface area contributed by atoms with Gasteiger partial charge in [0.1, 0.15) is 0 Å². The summed E-state index contributed by atoms with van der Waals surface area (Å²) in [5, 5.41) is 0. The first-order valence-corrected chi connectivity index (χ1v) is 8.68. The second-order valence-electron chi connectivity index (χ2n) is 6.37. The van der Waals surface area contributed by atoms with Gasteiger partial charge >= 0.3 is 6.18 Å². The van der Waals surface area contributed by atoms with Crippen LogP contribution >= 0.6 is 0 Å². The van der Waals surface area contributed by atoms with Gasteiger partial charge in [0, 0.05) is 38.3 Å². The van der Waals surface area contributed by atoms with Crippen molar-refractivity contribution >= 4 is 11.6 Å². The van der Waals surface area contributed by atoms with E-state index in [0.29, 0.717) is 39.0 Å². The molecular weight excluding hydrogens is 341 g/mol. The number of alkyl halides is 3. The van der Waals surface area contributed by atoms with E-state index < -0.39 is 11.7 Å². The summed E-state index contributed by atoms with van der Waals surface area (Å²) in [5.74, 6) is 0.0533. The number of anilines is 1. The number of carbonyl (C=O) groups excluding carboxylic acids is 1. The molecule has 1 heterocycles. The Bertz CT molecular complexity index is 738. The van der Waals surface area contributed by atoms with Crippen LogP contribution in [0.5, 0.6) is 0 Å². The average molecular weight is 362 g/mol. The molecule has 0 bridgehead atoms. The predicted molar refractivity (Wildman–Crippen MR) is 95.0 cm³/mol. The van der Waals surface area contributed by atoms with Crippen LogP contribution in [0, 0.1) is 0 Å². The van der Waals surface area contributed by atoms with Gasteiger partial charge in [0.05, 0.1) is 5.56 Å². The van der Waals surface area contributed by atoms with Gasteiger partial charge < -0.3 is 9.80 Å². The third-order valence-electron chi connectivity index (χ3n) is 4.65. The maximum Gasteiger partial charge on any atom is 0.418 e. The highest BCUT2D eigenvalue weighted by Crippen LogP contribution is 2.36. The highest BCUT2D eigenvalue weighted by molar-refractivity contribution is 5.77. The number of halogens is 3. The number of aryl methyl sites for hydroxylation is 1. The summed E-state index contributed by atoms with van der Waals surface area (Å²) in [6.45, 7) is 1.70. The first kappa shape index (κ1) is 18.3. The predicted octanol–water partition coefficient (Wildman–Crippen LogP) is 3.99. The van der Waals surface area contributed by atoms with Crippen LogP contribution in [0.15, 0.2) is 54.6 Å². The van der Waals surface area contributed by atoms with Crippen molar-refractivity contribution in [3.8, 4) is 0 Å². The van der Waals surface area contributed by atoms with Crippen molar-refractivity contribution in [2.24, 2.45) is 0 Å². The SMILES string of the molecule is O=C(CCc1ccccc1)N1CCN(c2ccccc2C(F)(F)F)CC1. The molecule has 0 aromatic heterocycles. The lowest BCUT2D eigenvalue weighted by Gasteiger charge is -2.37. The number of para-hydroxylation sites is 1. The van der Waals surface area contributed by atoms with E-state index in [4.69, 9.17) is 0 Å². The highest BCUT2D eigenvalue weighted by atomic mass is 19.4. The second kappa shape index (κ2) is 7.81. The summed E-state index contributed by atoms with van der Waals surface area (Å²) < 4.78 is 39.5. The first-order chi connectivity index (χ1) is 12.4. The Morgan fingerprint density at radius 2 is 1.50 bits per heavy atom. The summed E-state index contributed by atoms with van der Waals surface area (Å²) in [7, 11) is 0. The van der Waals surface area contributed by atoms with Crippen LogP contribution in [0.2, 0.25) is 0 Å². The lowest BCUT2D eigenvalue weighted by atomic mass is 10.1. The van der Waals surface area contributed by atoms with Crippen LogP contribution in [0.3, 0.4) is 0 Å². The number of rotatable bonds is 4. The van der Waals surface area contributed by atoms with Gasteiger partial charge in [-0.1, -0.05) is 42.5 Å². The van der Waals surface area contributed by atoms with Crippen LogP contribution in [0.1, 0.15) is 17.5 Å². The minimum atomic E-state index is -4.38. The van der Waals surface area contributed by atoms with Gasteiger partial charge in [-0.05, 0) is 24.1 Å². The zero-order valence-corrected chi connectivity index (χ0v) is 14.4. The van der Waals surface area contributed by atoms with E-state index in [0.717, 1.165) is 11.6 Å². The summed E-state index contributed by atoms with van der Waals surface area (Å²) in [5.41, 5.74) is 0.679. The number of benzene rings is 2. The lowest BCUT2D eigenvalue weighted by Crippen LogP contribution is -2.49. The molecule has 2 aromatic carbocycles. The summed E-state index contributed by atoms with van der Waals surface area (Å²) in [6, 6.07) is 15.4. The van der Waals surface area contributed by atoms with Crippen LogP contribution in [0.25, 0.3) is 0 Å². The number of carbonyl (C=O) groups is 1. The van der Waals surface area contributed by atoms with Gasteiger partial charge in [0.2, 0.25) is 5.91 Å². The Balaban J connectivity index is 1.57. The summed E-state index contributed by atoms with van der Waals surface area (Å²) in [4.78, 5) is 15.8. The maximum atomic E-state index is 13.2. The second-order valence-corrected chi connectivity index (χ2v) is 6.37. The zero-order chi connectivity index (χ0) is 18.6. The number of nitrogens with zero attached hydrogens (tertiary/aromatic N) is 2. The van der Waals surface area contributed by atoms with Gasteiger partial charge in [-0.3, -0.25) is 4.79 Å². The molecule has 0 radical (unpaired) electrons. The van der Waals surface area contributed by atoms with E-state index in [1.807, 2.05) is 30.3 Å². The summed E-state index contributed by atoms with van der Waals surface area (Å²) >= 11 is 0. The highest BCUT2D eigenvalue weighted by Gasteiger charge is 2.35. The summed E-state index contributed by atoms with van der Waals surface area (Å²) in [6.07, 6.45) is -3.28. The van der Waals surface area contributed by atoms with Crippen LogP contribution in [0.4, 0.5) is 18.9 Å². The first-order valence-electron chi connectivity index (χ1n) is 8.68. The molecule has 3 rings (SSSR count). The lowest BCUT2D eigenvalue weighted by molar-refractivity contribution is -0.137. The fourth-order valence-electron chi connectivity index (χ4n) is 3.24. The molecule has 1 fully saturated rings. The van der Waals surface area contributed by atoms with Crippen molar-refractivity contribution in [2.75, 3.05) is 31.1 Å². The Labute approximate surface area is 151 Å². The van der Waals surface area contributed by atoms with Gasteiger partial charge in [0.15, 0.2) is 0 Å². The van der Waals surface area contributed by atoms with Gasteiger partial charge in [-0.2, -0.15) is 13.2 Å². The van der Waals surface area contributed by atoms with Crippen LogP contribution in [-0.4, -0.2) is 37.0 Å². The monoisotopic (exact) mass is 362 g/mol. The van der Waals surface area contributed by atoms with E-state index >= 15 is 0 Å². The molecule has 0 saturated carbocycles. The molecule has 1 amide bonds. The van der Waals surface area contributed by atoms with Gasteiger partial charge in [-0.15, -0.1) is 0 Å². The van der Waals surface area contributed by atoms with Crippen molar-refractivity contribution in [3.63, 3.8) is 0 Å². The minimum absolute atomic E-state index is 0.0533. The Morgan fingerprint density at radius 3 is 2.15 bits per heavy atom. The fraction of sp³-hybridized carbons (Fsp3) is 0.350.